The van der Waals surface area contributed by atoms with E-state index in [0.717, 1.165) is 34.7 Å². The van der Waals surface area contributed by atoms with Crippen LogP contribution in [-0.4, -0.2) is 29.4 Å². The van der Waals surface area contributed by atoms with Gasteiger partial charge in [0.2, 0.25) is 5.91 Å². The van der Waals surface area contributed by atoms with Crippen molar-refractivity contribution in [2.75, 3.05) is 16.8 Å². The number of thiazole rings is 1. The summed E-state index contributed by atoms with van der Waals surface area (Å²) in [4.78, 5) is 31.8. The standard InChI is InChI=1S/C24H25N3O3S/c1-4-6-23-26-19(14-31-23)17-9-10-21-20(12-17)27(24(29)16(3)30-21)13-22(28)25-18-8-5-7-15(2)11-18/h5,7-12,14,16H,4,6,13H2,1-3H3,(H,25,28). The topological polar surface area (TPSA) is 71.5 Å². The smallest absolute Gasteiger partial charge is 0.268 e. The predicted octanol–water partition coefficient (Wildman–Crippen LogP) is 4.82. The van der Waals surface area contributed by atoms with E-state index in [0.29, 0.717) is 17.1 Å². The van der Waals surface area contributed by atoms with E-state index in [1.54, 1.807) is 18.3 Å². The number of nitrogens with one attached hydrogen (secondary N) is 1. The number of nitrogens with zero attached hydrogens (tertiary/aromatic N) is 2. The average molecular weight is 436 g/mol. The molecule has 0 radical (unpaired) electrons. The Balaban J connectivity index is 1.60. The Hall–Kier alpha value is -3.19. The number of rotatable bonds is 6. The summed E-state index contributed by atoms with van der Waals surface area (Å²) in [5.41, 5.74) is 4.11. The van der Waals surface area contributed by atoms with Crippen LogP contribution in [0.3, 0.4) is 0 Å². The number of hydrogen-bond donors (Lipinski definition) is 1. The van der Waals surface area contributed by atoms with Crippen LogP contribution in [0.15, 0.2) is 47.8 Å². The molecule has 2 aromatic carbocycles. The molecule has 1 aromatic heterocycles. The molecule has 0 bridgehead atoms. The fourth-order valence-corrected chi connectivity index (χ4v) is 4.48. The molecule has 1 aliphatic heterocycles. The lowest BCUT2D eigenvalue weighted by Crippen LogP contribution is -2.47. The zero-order valence-electron chi connectivity index (χ0n) is 17.8. The van der Waals surface area contributed by atoms with E-state index in [-0.39, 0.29) is 18.4 Å². The van der Waals surface area contributed by atoms with Crippen LogP contribution >= 0.6 is 11.3 Å². The highest BCUT2D eigenvalue weighted by molar-refractivity contribution is 7.09. The van der Waals surface area contributed by atoms with E-state index in [1.807, 2.05) is 54.8 Å². The summed E-state index contributed by atoms with van der Waals surface area (Å²) in [6.45, 7) is 5.70. The third-order valence-electron chi connectivity index (χ3n) is 5.08. The summed E-state index contributed by atoms with van der Waals surface area (Å²) in [6, 6.07) is 13.2. The van der Waals surface area contributed by atoms with Crippen LogP contribution in [-0.2, 0) is 16.0 Å². The van der Waals surface area contributed by atoms with Crippen molar-refractivity contribution >= 4 is 34.5 Å². The molecule has 1 aliphatic rings. The number of fused-ring (bicyclic) bond motifs is 1. The minimum absolute atomic E-state index is 0.0882. The lowest BCUT2D eigenvalue weighted by atomic mass is 10.1. The zero-order valence-corrected chi connectivity index (χ0v) is 18.7. The van der Waals surface area contributed by atoms with E-state index in [9.17, 15) is 9.59 Å². The predicted molar refractivity (Wildman–Crippen MR) is 124 cm³/mol. The molecule has 31 heavy (non-hydrogen) atoms. The summed E-state index contributed by atoms with van der Waals surface area (Å²) >= 11 is 1.63. The Kier molecular flexibility index (Phi) is 6.04. The number of benzene rings is 2. The lowest BCUT2D eigenvalue weighted by molar-refractivity contribution is -0.127. The summed E-state index contributed by atoms with van der Waals surface area (Å²) in [5, 5.41) is 5.99. The highest BCUT2D eigenvalue weighted by Crippen LogP contribution is 2.37. The molecule has 0 saturated heterocycles. The first-order chi connectivity index (χ1) is 14.9. The molecule has 3 aromatic rings. The maximum Gasteiger partial charge on any atom is 0.268 e. The number of hydrogen-bond acceptors (Lipinski definition) is 5. The molecule has 1 unspecified atom stereocenters. The number of amides is 2. The maximum atomic E-state index is 12.9. The zero-order chi connectivity index (χ0) is 22.0. The van der Waals surface area contributed by atoms with Crippen molar-refractivity contribution in [3.05, 3.63) is 58.4 Å². The largest absolute Gasteiger partial charge is 0.479 e. The van der Waals surface area contributed by atoms with Crippen molar-refractivity contribution in [2.24, 2.45) is 0 Å². The Bertz CT molecular complexity index is 1120. The number of anilines is 2. The second kappa shape index (κ2) is 8.89. The fourth-order valence-electron chi connectivity index (χ4n) is 3.57. The van der Waals surface area contributed by atoms with Gasteiger partial charge in [0.15, 0.2) is 6.10 Å². The van der Waals surface area contributed by atoms with E-state index in [2.05, 4.69) is 12.2 Å². The van der Waals surface area contributed by atoms with Gasteiger partial charge in [0.25, 0.3) is 5.91 Å². The first-order valence-corrected chi connectivity index (χ1v) is 11.3. The van der Waals surface area contributed by atoms with Crippen molar-refractivity contribution in [1.29, 1.82) is 0 Å². The van der Waals surface area contributed by atoms with Crippen LogP contribution in [0.2, 0.25) is 0 Å². The van der Waals surface area contributed by atoms with Crippen LogP contribution in [0.25, 0.3) is 11.3 Å². The van der Waals surface area contributed by atoms with Crippen LogP contribution < -0.4 is 15.0 Å². The third-order valence-corrected chi connectivity index (χ3v) is 5.99. The molecule has 1 N–H and O–H groups in total. The van der Waals surface area contributed by atoms with Gasteiger partial charge in [0, 0.05) is 16.6 Å². The molecule has 0 spiro atoms. The Morgan fingerprint density at radius 1 is 1.26 bits per heavy atom. The van der Waals surface area contributed by atoms with Crippen molar-refractivity contribution in [3.63, 3.8) is 0 Å². The molecule has 0 fully saturated rings. The minimum Gasteiger partial charge on any atom is -0.479 e. The summed E-state index contributed by atoms with van der Waals surface area (Å²) in [6.07, 6.45) is 1.34. The maximum absolute atomic E-state index is 12.9. The van der Waals surface area contributed by atoms with Gasteiger partial charge in [0.1, 0.15) is 12.3 Å². The van der Waals surface area contributed by atoms with E-state index < -0.39 is 6.10 Å². The van der Waals surface area contributed by atoms with Crippen LogP contribution in [0, 0.1) is 6.92 Å². The molecule has 4 rings (SSSR count). The van der Waals surface area contributed by atoms with Crippen molar-refractivity contribution < 1.29 is 14.3 Å². The van der Waals surface area contributed by atoms with Gasteiger partial charge in [-0.1, -0.05) is 19.1 Å². The highest BCUT2D eigenvalue weighted by atomic mass is 32.1. The normalized spacial score (nSPS) is 15.4. The Morgan fingerprint density at radius 2 is 2.10 bits per heavy atom. The van der Waals surface area contributed by atoms with E-state index in [1.165, 1.54) is 4.90 Å². The Labute approximate surface area is 185 Å². The molecule has 2 amide bonds. The van der Waals surface area contributed by atoms with Crippen LogP contribution in [0.4, 0.5) is 11.4 Å². The molecule has 7 heteroatoms. The first-order valence-electron chi connectivity index (χ1n) is 10.4. The quantitative estimate of drug-likeness (QED) is 0.602. The van der Waals surface area contributed by atoms with Crippen molar-refractivity contribution in [2.45, 2.75) is 39.7 Å². The van der Waals surface area contributed by atoms with Crippen LogP contribution in [0.5, 0.6) is 5.75 Å². The number of ether oxygens (including phenoxy) is 1. The molecule has 2 heterocycles. The van der Waals surface area contributed by atoms with Gasteiger partial charge < -0.3 is 10.1 Å². The number of aromatic nitrogens is 1. The average Bonchev–Trinajstić information content (AvgIpc) is 3.20. The second-order valence-corrected chi connectivity index (χ2v) is 8.60. The number of carbonyl (C=O) groups excluding carboxylic acids is 2. The van der Waals surface area contributed by atoms with Crippen LogP contribution in [0.1, 0.15) is 30.8 Å². The second-order valence-electron chi connectivity index (χ2n) is 7.66. The van der Waals surface area contributed by atoms with Gasteiger partial charge in [0.05, 0.1) is 16.4 Å². The molecule has 0 aliphatic carbocycles. The summed E-state index contributed by atoms with van der Waals surface area (Å²) < 4.78 is 5.78. The van der Waals surface area contributed by atoms with Crippen molar-refractivity contribution in [3.8, 4) is 17.0 Å². The fraction of sp³-hybridized carbons (Fsp3) is 0.292. The minimum atomic E-state index is -0.652. The summed E-state index contributed by atoms with van der Waals surface area (Å²) in [7, 11) is 0. The molecular weight excluding hydrogens is 410 g/mol. The van der Waals surface area contributed by atoms with Gasteiger partial charge in [-0.3, -0.25) is 14.5 Å². The van der Waals surface area contributed by atoms with Crippen molar-refractivity contribution in [1.82, 2.24) is 4.98 Å². The molecule has 160 valence electrons. The SMILES string of the molecule is CCCc1nc(-c2ccc3c(c2)N(CC(=O)Nc2cccc(C)c2)C(=O)C(C)O3)cs1. The van der Waals surface area contributed by atoms with E-state index >= 15 is 0 Å². The third kappa shape index (κ3) is 4.61. The van der Waals surface area contributed by atoms with Gasteiger partial charge in [-0.05, 0) is 62.6 Å². The Morgan fingerprint density at radius 3 is 2.87 bits per heavy atom. The van der Waals surface area contributed by atoms with Gasteiger partial charge in [-0.25, -0.2) is 4.98 Å². The van der Waals surface area contributed by atoms with Gasteiger partial charge in [-0.2, -0.15) is 0 Å². The van der Waals surface area contributed by atoms with Gasteiger partial charge >= 0.3 is 0 Å². The highest BCUT2D eigenvalue weighted by Gasteiger charge is 2.33. The first kappa shape index (κ1) is 21.1. The summed E-state index contributed by atoms with van der Waals surface area (Å²) in [5.74, 6) is 0.0838. The van der Waals surface area contributed by atoms with E-state index in [4.69, 9.17) is 9.72 Å². The number of aryl methyl sites for hydroxylation is 2. The molecule has 0 saturated carbocycles. The number of carbonyl (C=O) groups is 2. The monoisotopic (exact) mass is 435 g/mol. The van der Waals surface area contributed by atoms with Gasteiger partial charge in [-0.15, -0.1) is 11.3 Å². The molecular formula is C24H25N3O3S. The molecule has 1 atom stereocenters. The lowest BCUT2D eigenvalue weighted by Gasteiger charge is -2.32. The molecule has 6 nitrogen and oxygen atoms in total.